The van der Waals surface area contributed by atoms with Gasteiger partial charge in [-0.3, -0.25) is 0 Å². The number of hydrogen-bond donors (Lipinski definition) is 2. The lowest BCUT2D eigenvalue weighted by Gasteiger charge is -2.29. The van der Waals surface area contributed by atoms with Crippen molar-refractivity contribution in [2.45, 2.75) is 117 Å². The first-order chi connectivity index (χ1) is 27.9. The smallest absolute Gasteiger partial charge is 0.130 e. The van der Waals surface area contributed by atoms with E-state index in [0.29, 0.717) is 32.9 Å². The maximum absolute atomic E-state index is 11.6. The molecule has 2 atom stereocenters. The van der Waals surface area contributed by atoms with Crippen molar-refractivity contribution in [3.8, 4) is 21.3 Å². The molecule has 314 valence electrons. The molecule has 0 aliphatic heterocycles. The lowest BCUT2D eigenvalue weighted by Crippen LogP contribution is -2.18. The van der Waals surface area contributed by atoms with Gasteiger partial charge in [0.15, 0.2) is 0 Å². The third-order valence-electron chi connectivity index (χ3n) is 10.4. The SMILES string of the molecule is CC(C)(C)c1cc(C(N=Nc2ccc(Cl)cc2)c2ccc(-c3ccc(C(N=Nc4ccc(Cl)cc4)c4cc(C(C)(C)C)c(O)c(C(C)(C)C)c4)s3)s2)cc(C(C)(C)C)c1O. The van der Waals surface area contributed by atoms with E-state index in [2.05, 4.69) is 132 Å². The zero-order valence-corrected chi connectivity index (χ0v) is 39.8. The predicted molar refractivity (Wildman–Crippen MR) is 254 cm³/mol. The Labute approximate surface area is 374 Å². The Kier molecular flexibility index (Phi) is 13.0. The number of rotatable bonds is 9. The highest BCUT2D eigenvalue weighted by Gasteiger charge is 2.31. The van der Waals surface area contributed by atoms with E-state index >= 15 is 0 Å². The first-order valence-corrected chi connectivity index (χ1v) is 22.6. The molecule has 2 N–H and O–H groups in total. The first-order valence-electron chi connectivity index (χ1n) is 20.2. The molecule has 4 aromatic carbocycles. The minimum atomic E-state index is -0.439. The lowest BCUT2D eigenvalue weighted by atomic mass is 9.77. The second kappa shape index (κ2) is 17.2. The van der Waals surface area contributed by atoms with E-state index in [-0.39, 0.29) is 21.7 Å². The molecule has 0 bridgehead atoms. The van der Waals surface area contributed by atoms with Gasteiger partial charge in [0.25, 0.3) is 0 Å². The van der Waals surface area contributed by atoms with Crippen molar-refractivity contribution in [1.29, 1.82) is 0 Å². The Morgan fingerprint density at radius 3 is 0.983 bits per heavy atom. The molecule has 2 heterocycles. The molecular formula is C50H56Cl2N4O2S2. The standard InChI is InChI=1S/C50H56Cl2N4O2S2/c1-47(2,3)35-25-29(26-36(45(35)57)48(4,5)6)43(55-53-33-17-13-31(51)14-18-33)41-23-21-39(59-41)40-22-24-42(60-40)44(56-54-34-19-15-32(52)16-20-34)30-27-37(49(7,8)9)46(58)38(28-30)50(10,11)12/h13-28,43-44,57-58H,1-12H3. The van der Waals surface area contributed by atoms with Crippen molar-refractivity contribution in [3.63, 3.8) is 0 Å². The number of nitrogens with zero attached hydrogens (tertiary/aromatic N) is 4. The molecule has 6 nitrogen and oxygen atoms in total. The van der Waals surface area contributed by atoms with E-state index < -0.39 is 12.1 Å². The zero-order valence-electron chi connectivity index (χ0n) is 36.6. The van der Waals surface area contributed by atoms with Crippen molar-refractivity contribution < 1.29 is 10.2 Å². The number of phenols is 2. The number of benzene rings is 4. The van der Waals surface area contributed by atoms with Crippen LogP contribution in [0.25, 0.3) is 9.75 Å². The summed E-state index contributed by atoms with van der Waals surface area (Å²) in [6, 6.07) is 30.7. The molecule has 0 fully saturated rings. The van der Waals surface area contributed by atoms with Crippen LogP contribution in [0, 0.1) is 0 Å². The normalized spacial score (nSPS) is 14.0. The second-order valence-electron chi connectivity index (χ2n) is 19.5. The Morgan fingerprint density at radius 1 is 0.433 bits per heavy atom. The molecule has 2 aromatic heterocycles. The van der Waals surface area contributed by atoms with Gasteiger partial charge in [-0.2, -0.15) is 20.5 Å². The van der Waals surface area contributed by atoms with Crippen LogP contribution in [0.5, 0.6) is 11.5 Å². The summed E-state index contributed by atoms with van der Waals surface area (Å²) in [7, 11) is 0. The van der Waals surface area contributed by atoms with Crippen molar-refractivity contribution in [1.82, 2.24) is 0 Å². The maximum atomic E-state index is 11.6. The van der Waals surface area contributed by atoms with Gasteiger partial charge in [-0.15, -0.1) is 22.7 Å². The minimum absolute atomic E-state index is 0.313. The molecule has 2 unspecified atom stereocenters. The van der Waals surface area contributed by atoms with Gasteiger partial charge in [0.2, 0.25) is 0 Å². The Bertz CT molecular complexity index is 2280. The number of hydrogen-bond acceptors (Lipinski definition) is 8. The van der Waals surface area contributed by atoms with Crippen LogP contribution in [-0.2, 0) is 21.7 Å². The van der Waals surface area contributed by atoms with E-state index in [1.54, 1.807) is 22.7 Å². The average Bonchev–Trinajstić information content (AvgIpc) is 3.83. The molecule has 0 saturated carbocycles. The van der Waals surface area contributed by atoms with Crippen molar-refractivity contribution in [3.05, 3.63) is 150 Å². The van der Waals surface area contributed by atoms with Crippen LogP contribution in [0.4, 0.5) is 11.4 Å². The predicted octanol–water partition coefficient (Wildman–Crippen LogP) is 17.1. The fourth-order valence-electron chi connectivity index (χ4n) is 7.02. The van der Waals surface area contributed by atoms with Crippen molar-refractivity contribution in [2.75, 3.05) is 0 Å². The third-order valence-corrected chi connectivity index (χ3v) is 13.4. The molecule has 60 heavy (non-hydrogen) atoms. The fraction of sp³-hybridized carbons (Fsp3) is 0.360. The summed E-state index contributed by atoms with van der Waals surface area (Å²) < 4.78 is 0. The molecule has 0 aliphatic rings. The average molecular weight is 880 g/mol. The third kappa shape index (κ3) is 10.4. The van der Waals surface area contributed by atoms with E-state index in [9.17, 15) is 10.2 Å². The highest BCUT2D eigenvalue weighted by atomic mass is 35.5. The van der Waals surface area contributed by atoms with Crippen LogP contribution in [0.2, 0.25) is 10.0 Å². The Hall–Kier alpha value is -4.34. The van der Waals surface area contributed by atoms with Crippen LogP contribution in [0.1, 0.15) is 138 Å². The van der Waals surface area contributed by atoms with Gasteiger partial charge in [-0.25, -0.2) is 0 Å². The topological polar surface area (TPSA) is 89.9 Å². The summed E-state index contributed by atoms with van der Waals surface area (Å²) in [4.78, 5) is 4.21. The summed E-state index contributed by atoms with van der Waals surface area (Å²) in [5.74, 6) is 0.650. The maximum Gasteiger partial charge on any atom is 0.130 e. The largest absolute Gasteiger partial charge is 0.507 e. The second-order valence-corrected chi connectivity index (χ2v) is 22.6. The van der Waals surface area contributed by atoms with Gasteiger partial charge in [0.05, 0.1) is 11.4 Å². The summed E-state index contributed by atoms with van der Waals surface area (Å²) >= 11 is 15.8. The lowest BCUT2D eigenvalue weighted by molar-refractivity contribution is 0.421. The quantitative estimate of drug-likeness (QED) is 0.142. The summed E-state index contributed by atoms with van der Waals surface area (Å²) in [6.45, 7) is 25.4. The number of aromatic hydroxyl groups is 2. The highest BCUT2D eigenvalue weighted by molar-refractivity contribution is 7.22. The molecule has 10 heteroatoms. The van der Waals surface area contributed by atoms with Gasteiger partial charge >= 0.3 is 0 Å². The molecule has 0 amide bonds. The highest BCUT2D eigenvalue weighted by Crippen LogP contribution is 2.47. The number of azo groups is 2. The van der Waals surface area contributed by atoms with Gasteiger partial charge < -0.3 is 10.2 Å². The molecule has 0 radical (unpaired) electrons. The number of thiophene rings is 2. The van der Waals surface area contributed by atoms with E-state index in [0.717, 1.165) is 52.9 Å². The number of phenolic OH excluding ortho intramolecular Hbond substituents is 2. The summed E-state index contributed by atoms with van der Waals surface area (Å²) in [5, 5.41) is 43.9. The molecule has 6 aromatic rings. The first kappa shape index (κ1) is 45.2. The van der Waals surface area contributed by atoms with E-state index in [4.69, 9.17) is 43.7 Å². The van der Waals surface area contributed by atoms with Crippen LogP contribution in [0.15, 0.2) is 118 Å². The van der Waals surface area contributed by atoms with Crippen LogP contribution in [0.3, 0.4) is 0 Å². The Balaban J connectivity index is 1.47. The van der Waals surface area contributed by atoms with Crippen LogP contribution in [-0.4, -0.2) is 10.2 Å². The molecule has 0 saturated heterocycles. The van der Waals surface area contributed by atoms with Crippen LogP contribution < -0.4 is 0 Å². The molecule has 0 spiro atoms. The molecular weight excluding hydrogens is 824 g/mol. The van der Waals surface area contributed by atoms with Gasteiger partial charge in [0.1, 0.15) is 23.6 Å². The van der Waals surface area contributed by atoms with Crippen LogP contribution >= 0.6 is 45.9 Å². The number of halogens is 2. The Morgan fingerprint density at radius 2 is 0.717 bits per heavy atom. The fourth-order valence-corrected chi connectivity index (χ4v) is 9.50. The molecule has 6 rings (SSSR count). The molecule has 0 aliphatic carbocycles. The van der Waals surface area contributed by atoms with E-state index in [1.165, 1.54) is 0 Å². The minimum Gasteiger partial charge on any atom is -0.507 e. The van der Waals surface area contributed by atoms with Crippen molar-refractivity contribution in [2.24, 2.45) is 20.5 Å². The van der Waals surface area contributed by atoms with E-state index in [1.807, 2.05) is 48.5 Å². The van der Waals surface area contributed by atoms with Gasteiger partial charge in [0, 0.05) is 29.6 Å². The summed E-state index contributed by atoms with van der Waals surface area (Å²) in [6.07, 6.45) is 0. The summed E-state index contributed by atoms with van der Waals surface area (Å²) in [5.41, 5.74) is 5.54. The zero-order chi connectivity index (χ0) is 43.9. The van der Waals surface area contributed by atoms with Crippen molar-refractivity contribution >= 4 is 57.3 Å². The van der Waals surface area contributed by atoms with Gasteiger partial charge in [-0.1, -0.05) is 106 Å². The van der Waals surface area contributed by atoms with Gasteiger partial charge in [-0.05, 0) is 152 Å². The monoisotopic (exact) mass is 878 g/mol.